The van der Waals surface area contributed by atoms with Crippen molar-refractivity contribution in [3.05, 3.63) is 23.5 Å². The van der Waals surface area contributed by atoms with Crippen molar-refractivity contribution in [2.45, 2.75) is 18.7 Å². The van der Waals surface area contributed by atoms with Gasteiger partial charge >= 0.3 is 0 Å². The molecule has 54 valence electrons. The molecule has 1 nitrogen and oxygen atoms in total. The normalized spacial score (nSPS) is 9.90. The molecule has 1 aromatic rings. The van der Waals surface area contributed by atoms with Crippen LogP contribution in [0.5, 0.6) is 0 Å². The molecule has 0 unspecified atom stereocenters. The molecule has 0 aliphatic heterocycles. The Morgan fingerprint density at radius 3 is 2.70 bits per heavy atom. The van der Waals surface area contributed by atoms with Gasteiger partial charge in [0, 0.05) is 16.8 Å². The van der Waals surface area contributed by atoms with Crippen LogP contribution in [0.1, 0.15) is 11.3 Å². The molecule has 3 heteroatoms. The van der Waals surface area contributed by atoms with Crippen LogP contribution < -0.4 is 0 Å². The van der Waals surface area contributed by atoms with E-state index in [0.717, 1.165) is 10.6 Å². The first-order chi connectivity index (χ1) is 4.74. The van der Waals surface area contributed by atoms with Gasteiger partial charge in [-0.05, 0) is 25.5 Å². The highest BCUT2D eigenvalue weighted by Gasteiger charge is 1.94. The van der Waals surface area contributed by atoms with E-state index in [-0.39, 0.29) is 0 Å². The smallest absolute Gasteiger partial charge is 0.0415 e. The van der Waals surface area contributed by atoms with E-state index < -0.39 is 0 Å². The van der Waals surface area contributed by atoms with Crippen molar-refractivity contribution < 1.29 is 0 Å². The van der Waals surface area contributed by atoms with Gasteiger partial charge in [0.05, 0.1) is 0 Å². The Kier molecular flexibility index (Phi) is 2.63. The number of aromatic nitrogens is 1. The predicted octanol–water partition coefficient (Wildman–Crippen LogP) is 2.64. The maximum Gasteiger partial charge on any atom is 0.0415 e. The summed E-state index contributed by atoms with van der Waals surface area (Å²) >= 11 is 4.07. The number of hydrogen-bond donors (Lipinski definition) is 1. The summed E-state index contributed by atoms with van der Waals surface area (Å²) in [6.07, 6.45) is 1.83. The van der Waals surface area contributed by atoms with Crippen LogP contribution in [0.3, 0.4) is 0 Å². The standard InChI is InChI=1S/C7H9NS2/c1-5-3-7(10-9)4-8-6(5)2/h3-4,9H,1-2H3. The summed E-state index contributed by atoms with van der Waals surface area (Å²) in [7, 11) is 1.42. The summed E-state index contributed by atoms with van der Waals surface area (Å²) in [4.78, 5) is 5.28. The molecular formula is C7H9NS2. The van der Waals surface area contributed by atoms with Crippen molar-refractivity contribution in [3.63, 3.8) is 0 Å². The molecule has 0 aliphatic carbocycles. The lowest BCUT2D eigenvalue weighted by Gasteiger charge is -1.99. The van der Waals surface area contributed by atoms with Crippen LogP contribution >= 0.6 is 22.5 Å². The van der Waals surface area contributed by atoms with Crippen LogP contribution in [-0.4, -0.2) is 4.98 Å². The van der Waals surface area contributed by atoms with E-state index in [1.54, 1.807) is 0 Å². The van der Waals surface area contributed by atoms with E-state index in [0.29, 0.717) is 0 Å². The number of pyridine rings is 1. The zero-order valence-electron chi connectivity index (χ0n) is 5.96. The Labute approximate surface area is 70.1 Å². The molecule has 0 saturated carbocycles. The van der Waals surface area contributed by atoms with Gasteiger partial charge in [0.2, 0.25) is 0 Å². The molecule has 0 saturated heterocycles. The molecule has 1 aromatic heterocycles. The average molecular weight is 171 g/mol. The van der Waals surface area contributed by atoms with Gasteiger partial charge in [-0.1, -0.05) is 10.8 Å². The molecule has 0 N–H and O–H groups in total. The maximum absolute atomic E-state index is 4.18. The van der Waals surface area contributed by atoms with Gasteiger partial charge in [-0.2, -0.15) is 0 Å². The quantitative estimate of drug-likeness (QED) is 0.515. The second kappa shape index (κ2) is 3.30. The van der Waals surface area contributed by atoms with E-state index in [1.807, 2.05) is 13.1 Å². The summed E-state index contributed by atoms with van der Waals surface area (Å²) in [6, 6.07) is 2.08. The molecule has 0 atom stereocenters. The predicted molar refractivity (Wildman–Crippen MR) is 48.6 cm³/mol. The summed E-state index contributed by atoms with van der Waals surface area (Å²) in [5.41, 5.74) is 2.31. The fraction of sp³-hybridized carbons (Fsp3) is 0.286. The second-order valence-corrected chi connectivity index (χ2v) is 3.37. The highest BCUT2D eigenvalue weighted by Crippen LogP contribution is 2.21. The van der Waals surface area contributed by atoms with Crippen molar-refractivity contribution in [3.8, 4) is 0 Å². The van der Waals surface area contributed by atoms with Gasteiger partial charge in [-0.3, -0.25) is 4.98 Å². The number of aryl methyl sites for hydroxylation is 2. The third-order valence-corrected chi connectivity index (χ3v) is 2.49. The molecule has 0 radical (unpaired) electrons. The minimum Gasteiger partial charge on any atom is -0.260 e. The average Bonchev–Trinajstić information content (AvgIpc) is 1.95. The van der Waals surface area contributed by atoms with Gasteiger partial charge in [0.15, 0.2) is 0 Å². The summed E-state index contributed by atoms with van der Waals surface area (Å²) < 4.78 is 0. The molecule has 10 heavy (non-hydrogen) atoms. The lowest BCUT2D eigenvalue weighted by atomic mass is 10.2. The van der Waals surface area contributed by atoms with E-state index in [4.69, 9.17) is 0 Å². The Morgan fingerprint density at radius 2 is 2.20 bits per heavy atom. The first-order valence-electron chi connectivity index (χ1n) is 2.98. The number of rotatable bonds is 1. The second-order valence-electron chi connectivity index (χ2n) is 2.16. The Balaban J connectivity index is 3.04. The molecule has 0 aromatic carbocycles. The lowest BCUT2D eigenvalue weighted by Crippen LogP contribution is -1.84. The van der Waals surface area contributed by atoms with Crippen LogP contribution in [0.25, 0.3) is 0 Å². The molecule has 0 amide bonds. The van der Waals surface area contributed by atoms with Gasteiger partial charge in [-0.15, -0.1) is 11.7 Å². The minimum absolute atomic E-state index is 1.09. The lowest BCUT2D eigenvalue weighted by molar-refractivity contribution is 1.10. The third kappa shape index (κ3) is 1.67. The third-order valence-electron chi connectivity index (χ3n) is 1.42. The van der Waals surface area contributed by atoms with Crippen molar-refractivity contribution in [2.24, 2.45) is 0 Å². The highest BCUT2D eigenvalue weighted by atomic mass is 33.1. The van der Waals surface area contributed by atoms with Crippen LogP contribution in [0.4, 0.5) is 0 Å². The van der Waals surface area contributed by atoms with E-state index in [1.165, 1.54) is 16.4 Å². The number of nitrogens with zero attached hydrogens (tertiary/aromatic N) is 1. The SMILES string of the molecule is Cc1cc(SS)cnc1C. The number of thiol groups is 1. The van der Waals surface area contributed by atoms with Gasteiger partial charge in [-0.25, -0.2) is 0 Å². The zero-order chi connectivity index (χ0) is 7.56. The molecular weight excluding hydrogens is 162 g/mol. The van der Waals surface area contributed by atoms with Crippen molar-refractivity contribution in [1.82, 2.24) is 4.98 Å². The summed E-state index contributed by atoms with van der Waals surface area (Å²) in [5, 5.41) is 0. The Hall–Kier alpha value is -0.150. The number of hydrogen-bond acceptors (Lipinski definition) is 3. The Bertz CT molecular complexity index is 235. The van der Waals surface area contributed by atoms with Gasteiger partial charge in [0.1, 0.15) is 0 Å². The topological polar surface area (TPSA) is 12.9 Å². The first-order valence-corrected chi connectivity index (χ1v) is 4.85. The molecule has 0 bridgehead atoms. The molecule has 0 aliphatic rings. The maximum atomic E-state index is 4.18. The fourth-order valence-corrected chi connectivity index (χ4v) is 1.30. The summed E-state index contributed by atoms with van der Waals surface area (Å²) in [5.74, 6) is 0. The largest absolute Gasteiger partial charge is 0.260 e. The fourth-order valence-electron chi connectivity index (χ4n) is 0.667. The molecule has 0 spiro atoms. The zero-order valence-corrected chi connectivity index (χ0v) is 7.67. The Morgan fingerprint density at radius 1 is 1.50 bits per heavy atom. The van der Waals surface area contributed by atoms with Crippen molar-refractivity contribution >= 4 is 22.5 Å². The first kappa shape index (κ1) is 7.95. The monoisotopic (exact) mass is 171 g/mol. The molecule has 0 fully saturated rings. The van der Waals surface area contributed by atoms with Crippen LogP contribution in [-0.2, 0) is 0 Å². The molecule has 1 heterocycles. The summed E-state index contributed by atoms with van der Waals surface area (Å²) in [6.45, 7) is 4.05. The van der Waals surface area contributed by atoms with Crippen molar-refractivity contribution in [2.75, 3.05) is 0 Å². The van der Waals surface area contributed by atoms with E-state index in [9.17, 15) is 0 Å². The molecule has 1 rings (SSSR count). The van der Waals surface area contributed by atoms with Crippen molar-refractivity contribution in [1.29, 1.82) is 0 Å². The van der Waals surface area contributed by atoms with Crippen LogP contribution in [0.15, 0.2) is 17.2 Å². The van der Waals surface area contributed by atoms with Crippen LogP contribution in [0, 0.1) is 13.8 Å². The van der Waals surface area contributed by atoms with Crippen LogP contribution in [0.2, 0.25) is 0 Å². The van der Waals surface area contributed by atoms with E-state index in [2.05, 4.69) is 29.6 Å². The highest BCUT2D eigenvalue weighted by molar-refractivity contribution is 8.68. The van der Waals surface area contributed by atoms with Gasteiger partial charge < -0.3 is 0 Å². The van der Waals surface area contributed by atoms with E-state index >= 15 is 0 Å². The minimum atomic E-state index is 1.09. The van der Waals surface area contributed by atoms with Gasteiger partial charge in [0.25, 0.3) is 0 Å².